The maximum absolute atomic E-state index is 8.71. The van der Waals surface area contributed by atoms with Gasteiger partial charge in [-0.3, -0.25) is 0 Å². The fourth-order valence-corrected chi connectivity index (χ4v) is 1.32. The van der Waals surface area contributed by atoms with Crippen LogP contribution >= 0.6 is 0 Å². The summed E-state index contributed by atoms with van der Waals surface area (Å²) >= 11 is 0. The lowest BCUT2D eigenvalue weighted by molar-refractivity contribution is 1.17. The molecule has 1 heterocycles. The second-order valence-corrected chi connectivity index (χ2v) is 3.47. The van der Waals surface area contributed by atoms with Crippen LogP contribution in [0.15, 0.2) is 30.5 Å². The fraction of sp³-hybridized carbons (Fsp3) is 0.0833. The van der Waals surface area contributed by atoms with Gasteiger partial charge in [-0.25, -0.2) is 9.97 Å². The third-order valence-corrected chi connectivity index (χ3v) is 2.25. The Morgan fingerprint density at radius 2 is 1.94 bits per heavy atom. The summed E-state index contributed by atoms with van der Waals surface area (Å²) in [5.74, 6) is 0.754. The Labute approximate surface area is 93.4 Å². The summed E-state index contributed by atoms with van der Waals surface area (Å²) in [5.41, 5.74) is 7.99. The number of nitrogens with two attached hydrogens (primary N) is 1. The number of nitriles is 1. The van der Waals surface area contributed by atoms with Crippen molar-refractivity contribution in [3.63, 3.8) is 0 Å². The first-order chi connectivity index (χ1) is 7.70. The van der Waals surface area contributed by atoms with Gasteiger partial charge in [0.1, 0.15) is 17.5 Å². The molecule has 0 saturated heterocycles. The van der Waals surface area contributed by atoms with Crippen LogP contribution in [0, 0.1) is 18.3 Å². The van der Waals surface area contributed by atoms with Gasteiger partial charge in [-0.1, -0.05) is 29.8 Å². The Bertz CT molecular complexity index is 552. The van der Waals surface area contributed by atoms with E-state index in [9.17, 15) is 0 Å². The molecule has 0 aliphatic carbocycles. The van der Waals surface area contributed by atoms with E-state index in [1.54, 1.807) is 0 Å². The number of aromatic nitrogens is 2. The van der Waals surface area contributed by atoms with Gasteiger partial charge in [0.2, 0.25) is 0 Å². The van der Waals surface area contributed by atoms with Gasteiger partial charge in [-0.2, -0.15) is 5.26 Å². The third-order valence-electron chi connectivity index (χ3n) is 2.25. The van der Waals surface area contributed by atoms with E-state index in [4.69, 9.17) is 11.0 Å². The highest BCUT2D eigenvalue weighted by molar-refractivity contribution is 5.59. The van der Waals surface area contributed by atoms with E-state index in [0.29, 0.717) is 11.4 Å². The number of anilines is 1. The van der Waals surface area contributed by atoms with E-state index in [-0.39, 0.29) is 5.82 Å². The van der Waals surface area contributed by atoms with Crippen LogP contribution < -0.4 is 5.73 Å². The zero-order valence-electron chi connectivity index (χ0n) is 8.81. The van der Waals surface area contributed by atoms with Crippen LogP contribution in [0.3, 0.4) is 0 Å². The molecule has 0 saturated carbocycles. The minimum atomic E-state index is 0.216. The number of hydrogen-bond acceptors (Lipinski definition) is 4. The van der Waals surface area contributed by atoms with E-state index < -0.39 is 0 Å². The molecule has 0 bridgehead atoms. The number of hydrogen-bond donors (Lipinski definition) is 1. The molecule has 78 valence electrons. The molecular formula is C12H10N4. The predicted molar refractivity (Wildman–Crippen MR) is 61.3 cm³/mol. The topological polar surface area (TPSA) is 75.6 Å². The lowest BCUT2D eigenvalue weighted by atomic mass is 10.1. The quantitative estimate of drug-likeness (QED) is 0.780. The molecule has 0 fully saturated rings. The monoisotopic (exact) mass is 210 g/mol. The summed E-state index contributed by atoms with van der Waals surface area (Å²) in [5, 5.41) is 8.71. The van der Waals surface area contributed by atoms with Gasteiger partial charge in [-0.05, 0) is 6.92 Å². The average molecular weight is 210 g/mol. The molecule has 4 heteroatoms. The largest absolute Gasteiger partial charge is 0.382 e. The van der Waals surface area contributed by atoms with Crippen molar-refractivity contribution in [2.45, 2.75) is 6.92 Å². The van der Waals surface area contributed by atoms with E-state index in [1.807, 2.05) is 37.3 Å². The molecule has 2 aromatic rings. The van der Waals surface area contributed by atoms with Crippen molar-refractivity contribution in [3.8, 4) is 17.5 Å². The summed E-state index contributed by atoms with van der Waals surface area (Å²) in [7, 11) is 0. The SMILES string of the molecule is Cc1ccc(-c2ncc(C#N)c(N)n2)cc1. The zero-order valence-corrected chi connectivity index (χ0v) is 8.81. The molecule has 1 aromatic carbocycles. The molecule has 16 heavy (non-hydrogen) atoms. The van der Waals surface area contributed by atoms with Crippen molar-refractivity contribution >= 4 is 5.82 Å². The first-order valence-electron chi connectivity index (χ1n) is 4.80. The molecule has 0 radical (unpaired) electrons. The maximum Gasteiger partial charge on any atom is 0.161 e. The van der Waals surface area contributed by atoms with E-state index in [0.717, 1.165) is 5.56 Å². The minimum Gasteiger partial charge on any atom is -0.382 e. The Kier molecular flexibility index (Phi) is 2.52. The summed E-state index contributed by atoms with van der Waals surface area (Å²) in [6, 6.07) is 9.75. The summed E-state index contributed by atoms with van der Waals surface area (Å²) < 4.78 is 0. The lowest BCUT2D eigenvalue weighted by Gasteiger charge is -2.02. The number of aryl methyl sites for hydroxylation is 1. The van der Waals surface area contributed by atoms with Crippen LogP contribution in [0.1, 0.15) is 11.1 Å². The van der Waals surface area contributed by atoms with Gasteiger partial charge in [0.05, 0.1) is 6.20 Å². The fourth-order valence-electron chi connectivity index (χ4n) is 1.32. The maximum atomic E-state index is 8.71. The molecule has 0 unspecified atom stereocenters. The van der Waals surface area contributed by atoms with Crippen LogP contribution in [0.5, 0.6) is 0 Å². The summed E-state index contributed by atoms with van der Waals surface area (Å²) in [6.45, 7) is 2.01. The highest BCUT2D eigenvalue weighted by Crippen LogP contribution is 2.17. The van der Waals surface area contributed by atoms with Gasteiger partial charge in [0, 0.05) is 5.56 Å². The molecule has 0 aliphatic heterocycles. The molecule has 1 aromatic heterocycles. The van der Waals surface area contributed by atoms with E-state index in [1.165, 1.54) is 11.8 Å². The minimum absolute atomic E-state index is 0.216. The molecule has 0 aliphatic rings. The number of rotatable bonds is 1. The van der Waals surface area contributed by atoms with Crippen molar-refractivity contribution in [2.24, 2.45) is 0 Å². The molecule has 4 nitrogen and oxygen atoms in total. The van der Waals surface area contributed by atoms with Crippen molar-refractivity contribution in [1.82, 2.24) is 9.97 Å². The normalized spacial score (nSPS) is 9.75. The zero-order chi connectivity index (χ0) is 11.5. The highest BCUT2D eigenvalue weighted by Gasteiger charge is 2.05. The standard InChI is InChI=1S/C12H10N4/c1-8-2-4-9(5-3-8)12-15-7-10(6-13)11(14)16-12/h2-5,7H,1H3,(H2,14,15,16). The van der Waals surface area contributed by atoms with E-state index in [2.05, 4.69) is 9.97 Å². The Hall–Kier alpha value is -2.41. The van der Waals surface area contributed by atoms with E-state index >= 15 is 0 Å². The first-order valence-corrected chi connectivity index (χ1v) is 4.80. The summed E-state index contributed by atoms with van der Waals surface area (Å²) in [4.78, 5) is 8.18. The van der Waals surface area contributed by atoms with Crippen molar-refractivity contribution < 1.29 is 0 Å². The molecular weight excluding hydrogens is 200 g/mol. The average Bonchev–Trinajstić information content (AvgIpc) is 2.30. The number of benzene rings is 1. The van der Waals surface area contributed by atoms with Crippen LogP contribution in [-0.4, -0.2) is 9.97 Å². The summed E-state index contributed by atoms with van der Waals surface area (Å²) in [6.07, 6.45) is 1.44. The van der Waals surface area contributed by atoms with Gasteiger partial charge >= 0.3 is 0 Å². The van der Waals surface area contributed by atoms with Crippen LogP contribution in [0.2, 0.25) is 0 Å². The van der Waals surface area contributed by atoms with Gasteiger partial charge in [0.25, 0.3) is 0 Å². The molecule has 2 N–H and O–H groups in total. The Balaban J connectivity index is 2.46. The van der Waals surface area contributed by atoms with Gasteiger partial charge in [0.15, 0.2) is 5.82 Å². The number of nitrogen functional groups attached to an aromatic ring is 1. The molecule has 0 amide bonds. The third kappa shape index (κ3) is 1.84. The first kappa shape index (κ1) is 10.1. The number of nitrogens with zero attached hydrogens (tertiary/aromatic N) is 3. The van der Waals surface area contributed by atoms with Crippen LogP contribution in [0.4, 0.5) is 5.82 Å². The second kappa shape index (κ2) is 3.99. The predicted octanol–water partition coefficient (Wildman–Crippen LogP) is 1.91. The van der Waals surface area contributed by atoms with Crippen molar-refractivity contribution in [3.05, 3.63) is 41.6 Å². The smallest absolute Gasteiger partial charge is 0.161 e. The highest BCUT2D eigenvalue weighted by atomic mass is 14.9. The van der Waals surface area contributed by atoms with Crippen molar-refractivity contribution in [2.75, 3.05) is 5.73 Å². The van der Waals surface area contributed by atoms with Gasteiger partial charge in [-0.15, -0.1) is 0 Å². The molecule has 0 spiro atoms. The molecule has 0 atom stereocenters. The second-order valence-electron chi connectivity index (χ2n) is 3.47. The van der Waals surface area contributed by atoms with Gasteiger partial charge < -0.3 is 5.73 Å². The Morgan fingerprint density at radius 1 is 1.25 bits per heavy atom. The Morgan fingerprint density at radius 3 is 2.50 bits per heavy atom. The van der Waals surface area contributed by atoms with Crippen molar-refractivity contribution in [1.29, 1.82) is 5.26 Å². The molecule has 2 rings (SSSR count). The van der Waals surface area contributed by atoms with Crippen LogP contribution in [0.25, 0.3) is 11.4 Å². The lowest BCUT2D eigenvalue weighted by Crippen LogP contribution is -1.98. The van der Waals surface area contributed by atoms with Crippen LogP contribution in [-0.2, 0) is 0 Å².